The molecule has 0 aliphatic rings. The van der Waals surface area contributed by atoms with Crippen LogP contribution in [0.2, 0.25) is 19.6 Å². The molecule has 0 saturated heterocycles. The van der Waals surface area contributed by atoms with Gasteiger partial charge in [0.1, 0.15) is 0 Å². The first kappa shape index (κ1) is 20.2. The molecule has 0 atom stereocenters. The van der Waals surface area contributed by atoms with Gasteiger partial charge in [0.05, 0.1) is 6.61 Å². The van der Waals surface area contributed by atoms with Gasteiger partial charge >= 0.3 is 68.5 Å². The Kier molecular flexibility index (Phi) is 7.99. The predicted molar refractivity (Wildman–Crippen MR) is 113 cm³/mol. The zero-order valence-electron chi connectivity index (χ0n) is 13.8. The summed E-state index contributed by atoms with van der Waals surface area (Å²) in [5.74, 6) is 6.10. The van der Waals surface area contributed by atoms with E-state index in [1.54, 1.807) is 22.7 Å². The van der Waals surface area contributed by atoms with Crippen molar-refractivity contribution < 1.29 is 9.53 Å². The molecule has 0 radical (unpaired) electrons. The summed E-state index contributed by atoms with van der Waals surface area (Å²) in [4.78, 5) is 0. The monoisotopic (exact) mass is 506 g/mol. The van der Waals surface area contributed by atoms with Crippen LogP contribution in [-0.4, -0.2) is 34.5 Å². The van der Waals surface area contributed by atoms with Crippen LogP contribution in [0.5, 0.6) is 0 Å². The fourth-order valence-electron chi connectivity index (χ4n) is 1.66. The summed E-state index contributed by atoms with van der Waals surface area (Å²) in [5, 5.41) is 18.5. The van der Waals surface area contributed by atoms with Gasteiger partial charge in [0.25, 0.3) is 0 Å². The molecule has 0 saturated carbocycles. The van der Waals surface area contributed by atoms with Gasteiger partial charge in [-0.05, 0) is 35.6 Å². The molecule has 128 valence electrons. The summed E-state index contributed by atoms with van der Waals surface area (Å²) >= 11 is 7.25. The molecule has 0 aromatic carbocycles. The quantitative estimate of drug-likeness (QED) is 0.393. The molecule has 3 rings (SSSR count). The molecule has 2 nitrogen and oxygen atoms in total. The van der Waals surface area contributed by atoms with Crippen LogP contribution < -0.4 is 0 Å². The van der Waals surface area contributed by atoms with E-state index in [1.807, 2.05) is 10.8 Å². The van der Waals surface area contributed by atoms with Gasteiger partial charge in [0.15, 0.2) is 8.32 Å². The van der Waals surface area contributed by atoms with Gasteiger partial charge in [-0.25, -0.2) is 0 Å². The van der Waals surface area contributed by atoms with Crippen molar-refractivity contribution in [2.45, 2.75) is 26.2 Å². The third-order valence-electron chi connectivity index (χ3n) is 2.78. The van der Waals surface area contributed by atoms with Gasteiger partial charge in [-0.15, -0.1) is 11.3 Å². The second-order valence-electron chi connectivity index (χ2n) is 5.90. The molecule has 0 unspecified atom stereocenters. The van der Waals surface area contributed by atoms with Crippen LogP contribution in [0.15, 0.2) is 32.1 Å². The number of hydrogen-bond acceptors (Lipinski definition) is 4. The average Bonchev–Trinajstić information content (AvgIpc) is 3.19. The zero-order chi connectivity index (χ0) is 17.6. The summed E-state index contributed by atoms with van der Waals surface area (Å²) in [6.45, 7) is 7.26. The fourth-order valence-corrected chi connectivity index (χ4v) is 6.64. The van der Waals surface area contributed by atoms with Crippen molar-refractivity contribution >= 4 is 71.1 Å². The molecule has 0 spiro atoms. The van der Waals surface area contributed by atoms with E-state index in [1.165, 1.54) is 14.1 Å². The van der Waals surface area contributed by atoms with Crippen molar-refractivity contribution in [3.05, 3.63) is 42.1 Å². The molecular formula is C17H19BrO2S2SeSi. The molecule has 0 fully saturated rings. The van der Waals surface area contributed by atoms with E-state index in [9.17, 15) is 0 Å². The number of thiophene rings is 2. The summed E-state index contributed by atoms with van der Waals surface area (Å²) < 4.78 is 9.32. The molecule has 7 heteroatoms. The Bertz CT molecular complexity index is 807. The normalized spacial score (nSPS) is 10.9. The standard InChI is InChI=1S/C10H13BrOSSi.C7H6OSSe/c1-14(2,3)12-6-4-5-9-7-13-8-10(9)11;8-2-6-1-5-3-9-4-7(5)10-6/h7-8H,6H2,1-3H3;1,3-4,8H,2H2. The van der Waals surface area contributed by atoms with E-state index in [-0.39, 0.29) is 6.61 Å². The molecule has 0 aliphatic heterocycles. The number of rotatable bonds is 3. The number of halogens is 1. The van der Waals surface area contributed by atoms with E-state index in [4.69, 9.17) is 9.53 Å². The van der Waals surface area contributed by atoms with Crippen LogP contribution in [0.25, 0.3) is 9.65 Å². The Labute approximate surface area is 166 Å². The Morgan fingerprint density at radius 1 is 1.21 bits per heavy atom. The van der Waals surface area contributed by atoms with E-state index < -0.39 is 8.32 Å². The Balaban J connectivity index is 0.000000182. The first-order chi connectivity index (χ1) is 11.4. The number of aliphatic hydroxyl groups is 1. The van der Waals surface area contributed by atoms with E-state index >= 15 is 0 Å². The van der Waals surface area contributed by atoms with Gasteiger partial charge in [-0.1, -0.05) is 11.8 Å². The summed E-state index contributed by atoms with van der Waals surface area (Å²) in [6, 6.07) is 2.10. The number of aliphatic hydroxyl groups excluding tert-OH is 1. The second kappa shape index (κ2) is 9.51. The number of hydrogen-bond donors (Lipinski definition) is 1. The first-order valence-corrected chi connectivity index (χ1v) is 15.1. The van der Waals surface area contributed by atoms with E-state index in [0.29, 0.717) is 21.1 Å². The first-order valence-electron chi connectivity index (χ1n) is 7.29. The molecule has 0 amide bonds. The van der Waals surface area contributed by atoms with Crippen LogP contribution in [0.1, 0.15) is 10.0 Å². The predicted octanol–water partition coefficient (Wildman–Crippen LogP) is 5.16. The van der Waals surface area contributed by atoms with Crippen LogP contribution in [0.4, 0.5) is 0 Å². The average molecular weight is 506 g/mol. The molecule has 3 heterocycles. The minimum absolute atomic E-state index is 0.235. The summed E-state index contributed by atoms with van der Waals surface area (Å²) in [5.41, 5.74) is 1.05. The van der Waals surface area contributed by atoms with Crippen LogP contribution in [0, 0.1) is 11.8 Å². The van der Waals surface area contributed by atoms with Gasteiger partial charge in [0.2, 0.25) is 0 Å². The van der Waals surface area contributed by atoms with Crippen LogP contribution in [0.3, 0.4) is 0 Å². The van der Waals surface area contributed by atoms with Crippen molar-refractivity contribution in [1.82, 2.24) is 0 Å². The molecule has 3 aromatic heterocycles. The molecule has 1 N–H and O–H groups in total. The Morgan fingerprint density at radius 3 is 2.54 bits per heavy atom. The fraction of sp³-hybridized carbons (Fsp3) is 0.294. The Morgan fingerprint density at radius 2 is 1.96 bits per heavy atom. The van der Waals surface area contributed by atoms with Crippen LogP contribution in [-0.2, 0) is 11.0 Å². The van der Waals surface area contributed by atoms with Gasteiger partial charge in [-0.3, -0.25) is 0 Å². The number of fused-ring (bicyclic) bond motifs is 1. The van der Waals surface area contributed by atoms with Gasteiger partial charge in [0, 0.05) is 20.8 Å². The topological polar surface area (TPSA) is 29.5 Å². The second-order valence-corrected chi connectivity index (χ2v) is 15.2. The molecule has 0 bridgehead atoms. The Hall–Kier alpha value is -0.164. The van der Waals surface area contributed by atoms with E-state index in [0.717, 1.165) is 10.0 Å². The van der Waals surface area contributed by atoms with Crippen molar-refractivity contribution in [2.75, 3.05) is 6.61 Å². The molecular weight excluding hydrogens is 487 g/mol. The summed E-state index contributed by atoms with van der Waals surface area (Å²) in [6.07, 6.45) is 0. The third kappa shape index (κ3) is 6.62. The SMILES string of the molecule is C[Si](C)(C)OCC#Cc1cscc1Br.OCc1cc2cscc2[se]1. The molecule has 24 heavy (non-hydrogen) atoms. The van der Waals surface area contributed by atoms with Crippen molar-refractivity contribution in [2.24, 2.45) is 0 Å². The van der Waals surface area contributed by atoms with E-state index in [2.05, 4.69) is 64.2 Å². The van der Waals surface area contributed by atoms with Gasteiger partial charge < -0.3 is 4.43 Å². The molecule has 0 aliphatic carbocycles. The maximum atomic E-state index is 8.81. The van der Waals surface area contributed by atoms with Crippen LogP contribution >= 0.6 is 38.6 Å². The third-order valence-corrected chi connectivity index (χ3v) is 8.87. The summed E-state index contributed by atoms with van der Waals surface area (Å²) in [7, 11) is -1.40. The molecule has 3 aromatic rings. The van der Waals surface area contributed by atoms with Crippen molar-refractivity contribution in [3.63, 3.8) is 0 Å². The minimum atomic E-state index is -1.40. The van der Waals surface area contributed by atoms with Crippen molar-refractivity contribution in [1.29, 1.82) is 0 Å². The van der Waals surface area contributed by atoms with Crippen molar-refractivity contribution in [3.8, 4) is 11.8 Å². The maximum absolute atomic E-state index is 8.81. The van der Waals surface area contributed by atoms with Gasteiger partial charge in [-0.2, -0.15) is 0 Å². The zero-order valence-corrected chi connectivity index (χ0v) is 19.7.